The summed E-state index contributed by atoms with van der Waals surface area (Å²) in [7, 11) is 0. The molecular formula is C18H26O3. The van der Waals surface area contributed by atoms with Crippen molar-refractivity contribution in [1.82, 2.24) is 0 Å². The quantitative estimate of drug-likeness (QED) is 0.618. The second-order valence-electron chi connectivity index (χ2n) is 7.16. The van der Waals surface area contributed by atoms with E-state index in [9.17, 15) is 15.0 Å². The molecule has 0 aliphatic heterocycles. The van der Waals surface area contributed by atoms with Gasteiger partial charge in [0.2, 0.25) is 0 Å². The van der Waals surface area contributed by atoms with E-state index in [0.717, 1.165) is 6.42 Å². The van der Waals surface area contributed by atoms with Crippen LogP contribution in [0.4, 0.5) is 0 Å². The number of aliphatic hydroxyl groups is 2. The third kappa shape index (κ3) is 3.00. The Kier molecular flexibility index (Phi) is 4.32. The van der Waals surface area contributed by atoms with Crippen LogP contribution in [0.5, 0.6) is 0 Å². The summed E-state index contributed by atoms with van der Waals surface area (Å²) in [5.41, 5.74) is 0.710. The van der Waals surface area contributed by atoms with Gasteiger partial charge >= 0.3 is 0 Å². The zero-order valence-electron chi connectivity index (χ0n) is 12.6. The highest BCUT2D eigenvalue weighted by Crippen LogP contribution is 2.48. The van der Waals surface area contributed by atoms with Crippen LogP contribution in [0.3, 0.4) is 0 Å². The molecule has 3 aliphatic carbocycles. The number of hydrogen-bond donors (Lipinski definition) is 2. The summed E-state index contributed by atoms with van der Waals surface area (Å²) in [5, 5.41) is 20.3. The molecule has 21 heavy (non-hydrogen) atoms. The van der Waals surface area contributed by atoms with Crippen LogP contribution in [0.1, 0.15) is 44.9 Å². The van der Waals surface area contributed by atoms with Crippen molar-refractivity contribution in [3.8, 4) is 0 Å². The number of aliphatic hydroxyl groups excluding tert-OH is 2. The Hall–Kier alpha value is -0.930. The maximum Gasteiger partial charge on any atom is 0.161 e. The van der Waals surface area contributed by atoms with Gasteiger partial charge in [0.15, 0.2) is 5.78 Å². The first-order chi connectivity index (χ1) is 10.1. The van der Waals surface area contributed by atoms with Gasteiger partial charge in [0.25, 0.3) is 0 Å². The average molecular weight is 290 g/mol. The zero-order valence-corrected chi connectivity index (χ0v) is 12.6. The highest BCUT2D eigenvalue weighted by atomic mass is 16.3. The van der Waals surface area contributed by atoms with Crippen molar-refractivity contribution in [2.45, 2.75) is 57.2 Å². The average Bonchev–Trinajstić information content (AvgIpc) is 3.10. The fourth-order valence-electron chi connectivity index (χ4n) is 4.57. The molecule has 3 nitrogen and oxygen atoms in total. The molecule has 2 N–H and O–H groups in total. The van der Waals surface area contributed by atoms with Gasteiger partial charge in [-0.1, -0.05) is 44.4 Å². The lowest BCUT2D eigenvalue weighted by Crippen LogP contribution is -2.18. The topological polar surface area (TPSA) is 57.5 Å². The lowest BCUT2D eigenvalue weighted by molar-refractivity contribution is -0.118. The minimum atomic E-state index is -0.452. The summed E-state index contributed by atoms with van der Waals surface area (Å²) in [6, 6.07) is 0. The summed E-state index contributed by atoms with van der Waals surface area (Å²) in [4.78, 5) is 12.0. The van der Waals surface area contributed by atoms with Crippen LogP contribution in [-0.4, -0.2) is 28.2 Å². The van der Waals surface area contributed by atoms with Gasteiger partial charge in [-0.3, -0.25) is 4.79 Å². The number of ketones is 1. The highest BCUT2D eigenvalue weighted by molar-refractivity contribution is 5.99. The Labute approximate surface area is 126 Å². The number of hydrogen-bond acceptors (Lipinski definition) is 3. The number of Topliss-reactive ketones (excluding diaryl/α,β-unsaturated/α-hetero) is 1. The Balaban J connectivity index is 1.59. The zero-order chi connectivity index (χ0) is 15.0. The molecule has 0 saturated heterocycles. The highest BCUT2D eigenvalue weighted by Gasteiger charge is 2.49. The van der Waals surface area contributed by atoms with Crippen LogP contribution in [0.25, 0.3) is 0 Å². The molecule has 0 aromatic rings. The van der Waals surface area contributed by atoms with Crippen LogP contribution in [0.2, 0.25) is 0 Å². The summed E-state index contributed by atoms with van der Waals surface area (Å²) in [6.45, 7) is 3.84. The molecule has 3 aliphatic rings. The van der Waals surface area contributed by atoms with Crippen LogP contribution in [-0.2, 0) is 4.79 Å². The summed E-state index contributed by atoms with van der Waals surface area (Å²) < 4.78 is 0. The van der Waals surface area contributed by atoms with E-state index in [-0.39, 0.29) is 23.5 Å². The van der Waals surface area contributed by atoms with E-state index < -0.39 is 12.2 Å². The van der Waals surface area contributed by atoms with Gasteiger partial charge in [-0.2, -0.15) is 0 Å². The van der Waals surface area contributed by atoms with Gasteiger partial charge in [-0.15, -0.1) is 0 Å². The molecule has 5 atom stereocenters. The van der Waals surface area contributed by atoms with Gasteiger partial charge < -0.3 is 10.2 Å². The van der Waals surface area contributed by atoms with Gasteiger partial charge in [0, 0.05) is 11.8 Å². The van der Waals surface area contributed by atoms with Crippen molar-refractivity contribution in [2.75, 3.05) is 0 Å². The predicted octanol–water partition coefficient (Wildman–Crippen LogP) is 2.63. The van der Waals surface area contributed by atoms with Gasteiger partial charge in [-0.05, 0) is 36.7 Å². The van der Waals surface area contributed by atoms with Crippen LogP contribution in [0.15, 0.2) is 24.3 Å². The van der Waals surface area contributed by atoms with Crippen molar-refractivity contribution in [2.24, 2.45) is 23.7 Å². The lowest BCUT2D eigenvalue weighted by atomic mass is 9.90. The molecule has 3 rings (SSSR count). The Morgan fingerprint density at radius 1 is 1.33 bits per heavy atom. The second kappa shape index (κ2) is 6.05. The molecule has 0 aromatic heterocycles. The minimum absolute atomic E-state index is 0.00331. The van der Waals surface area contributed by atoms with Gasteiger partial charge in [-0.25, -0.2) is 0 Å². The van der Waals surface area contributed by atoms with E-state index in [4.69, 9.17) is 0 Å². The maximum absolute atomic E-state index is 12.0. The molecule has 0 amide bonds. The lowest BCUT2D eigenvalue weighted by Gasteiger charge is -2.18. The SMILES string of the molecule is C=C1C[C@H]2[C@H](C=C[C@@H](O)CC3CCCC3)[C@H](O)C[C@@H]2C1=O. The van der Waals surface area contributed by atoms with Crippen molar-refractivity contribution >= 4 is 5.78 Å². The van der Waals surface area contributed by atoms with E-state index in [1.807, 2.05) is 12.2 Å². The van der Waals surface area contributed by atoms with Crippen molar-refractivity contribution in [1.29, 1.82) is 0 Å². The molecule has 0 radical (unpaired) electrons. The number of rotatable bonds is 4. The van der Waals surface area contributed by atoms with E-state index in [2.05, 4.69) is 6.58 Å². The Morgan fingerprint density at radius 3 is 2.76 bits per heavy atom. The first-order valence-electron chi connectivity index (χ1n) is 8.32. The number of fused-ring (bicyclic) bond motifs is 1. The molecule has 0 spiro atoms. The number of carbonyl (C=O) groups is 1. The van der Waals surface area contributed by atoms with Crippen LogP contribution in [0, 0.1) is 23.7 Å². The molecular weight excluding hydrogens is 264 g/mol. The monoisotopic (exact) mass is 290 g/mol. The number of carbonyl (C=O) groups excluding carboxylic acids is 1. The second-order valence-corrected chi connectivity index (χ2v) is 7.16. The smallest absolute Gasteiger partial charge is 0.161 e. The summed E-state index contributed by atoms with van der Waals surface area (Å²) >= 11 is 0. The van der Waals surface area contributed by atoms with Gasteiger partial charge in [0.05, 0.1) is 12.2 Å². The molecule has 0 heterocycles. The van der Waals surface area contributed by atoms with E-state index in [1.54, 1.807) is 0 Å². The summed E-state index contributed by atoms with van der Waals surface area (Å²) in [5.74, 6) is 0.931. The third-order valence-electron chi connectivity index (χ3n) is 5.72. The minimum Gasteiger partial charge on any atom is -0.392 e. The fourth-order valence-corrected chi connectivity index (χ4v) is 4.57. The first-order valence-corrected chi connectivity index (χ1v) is 8.32. The van der Waals surface area contributed by atoms with Crippen LogP contribution < -0.4 is 0 Å². The van der Waals surface area contributed by atoms with Gasteiger partial charge in [0.1, 0.15) is 0 Å². The predicted molar refractivity (Wildman–Crippen MR) is 81.6 cm³/mol. The van der Waals surface area contributed by atoms with Crippen molar-refractivity contribution in [3.63, 3.8) is 0 Å². The molecule has 0 aromatic carbocycles. The molecule has 116 valence electrons. The van der Waals surface area contributed by atoms with Crippen molar-refractivity contribution in [3.05, 3.63) is 24.3 Å². The Bertz CT molecular complexity index is 447. The molecule has 0 unspecified atom stereocenters. The maximum atomic E-state index is 12.0. The molecule has 3 saturated carbocycles. The van der Waals surface area contributed by atoms with Crippen molar-refractivity contribution < 1.29 is 15.0 Å². The fraction of sp³-hybridized carbons (Fsp3) is 0.722. The van der Waals surface area contributed by atoms with E-state index in [1.165, 1.54) is 25.7 Å². The standard InChI is InChI=1S/C18H26O3/c1-11-8-15-14(17(20)10-16(15)18(11)21)7-6-13(19)9-12-4-2-3-5-12/h6-7,12-17,19-20H,1-5,8-10H2/t13-,14+,15+,16+,17-/m1/s1. The molecule has 3 fully saturated rings. The van der Waals surface area contributed by atoms with E-state index >= 15 is 0 Å². The normalized spacial score (nSPS) is 38.6. The Morgan fingerprint density at radius 2 is 2.05 bits per heavy atom. The molecule has 0 bridgehead atoms. The number of allylic oxidation sites excluding steroid dienone is 1. The van der Waals surface area contributed by atoms with E-state index in [0.29, 0.717) is 24.3 Å². The summed E-state index contributed by atoms with van der Waals surface area (Å²) in [6.07, 6.45) is 10.1. The third-order valence-corrected chi connectivity index (χ3v) is 5.72. The first kappa shape index (κ1) is 15.0. The molecule has 3 heteroatoms. The van der Waals surface area contributed by atoms with Crippen LogP contribution >= 0.6 is 0 Å². The largest absolute Gasteiger partial charge is 0.392 e.